The summed E-state index contributed by atoms with van der Waals surface area (Å²) >= 11 is 0. The fourth-order valence-corrected chi connectivity index (χ4v) is 2.60. The molecule has 1 unspecified atom stereocenters. The van der Waals surface area contributed by atoms with Crippen LogP contribution >= 0.6 is 0 Å². The molecule has 1 aromatic carbocycles. The van der Waals surface area contributed by atoms with Gasteiger partial charge in [0.15, 0.2) is 11.6 Å². The predicted molar refractivity (Wildman–Crippen MR) is 78.4 cm³/mol. The van der Waals surface area contributed by atoms with E-state index >= 15 is 0 Å². The second kappa shape index (κ2) is 7.74. The van der Waals surface area contributed by atoms with E-state index < -0.39 is 11.6 Å². The first-order valence-electron chi connectivity index (χ1n) is 7.74. The Morgan fingerprint density at radius 3 is 2.62 bits per heavy atom. The van der Waals surface area contributed by atoms with Gasteiger partial charge < -0.3 is 9.47 Å². The van der Waals surface area contributed by atoms with Crippen LogP contribution in [0.25, 0.3) is 0 Å². The maximum atomic E-state index is 14.2. The highest BCUT2D eigenvalue weighted by atomic mass is 19.2. The van der Waals surface area contributed by atoms with Crippen LogP contribution in [0.15, 0.2) is 12.1 Å². The van der Waals surface area contributed by atoms with E-state index in [0.29, 0.717) is 18.8 Å². The van der Waals surface area contributed by atoms with Gasteiger partial charge in [0.05, 0.1) is 19.3 Å². The Morgan fingerprint density at radius 1 is 1.19 bits per heavy atom. The van der Waals surface area contributed by atoms with Crippen molar-refractivity contribution in [1.82, 2.24) is 0 Å². The molecule has 2 rings (SSSR count). The fraction of sp³-hybridized carbons (Fsp3) is 0.588. The SMILES string of the molecule is CCCOc1ccc([C]2CCC(CCC)OC2)c(F)c1F. The van der Waals surface area contributed by atoms with E-state index in [1.807, 2.05) is 6.92 Å². The van der Waals surface area contributed by atoms with Crippen LogP contribution in [0.3, 0.4) is 0 Å². The lowest BCUT2D eigenvalue weighted by atomic mass is 9.90. The molecule has 0 aliphatic carbocycles. The number of benzene rings is 1. The third-order valence-electron chi connectivity index (χ3n) is 3.76. The van der Waals surface area contributed by atoms with Gasteiger partial charge in [-0.05, 0) is 31.7 Å². The highest BCUT2D eigenvalue weighted by Gasteiger charge is 2.27. The number of hydrogen-bond acceptors (Lipinski definition) is 2. The maximum absolute atomic E-state index is 14.2. The molecule has 1 radical (unpaired) electrons. The Bertz CT molecular complexity index is 454. The summed E-state index contributed by atoms with van der Waals surface area (Å²) in [4.78, 5) is 0. The second-order valence-corrected chi connectivity index (χ2v) is 5.45. The molecular formula is C17H23F2O2. The largest absolute Gasteiger partial charge is 0.490 e. The smallest absolute Gasteiger partial charge is 0.200 e. The highest BCUT2D eigenvalue weighted by molar-refractivity contribution is 5.39. The van der Waals surface area contributed by atoms with Crippen molar-refractivity contribution in [3.63, 3.8) is 0 Å². The van der Waals surface area contributed by atoms with Crippen LogP contribution in [-0.2, 0) is 4.74 Å². The lowest BCUT2D eigenvalue weighted by Crippen LogP contribution is -2.25. The molecule has 1 saturated heterocycles. The number of hydrogen-bond donors (Lipinski definition) is 0. The minimum Gasteiger partial charge on any atom is -0.490 e. The minimum atomic E-state index is -0.899. The molecule has 1 atom stereocenters. The number of ether oxygens (including phenoxy) is 2. The average molecular weight is 297 g/mol. The van der Waals surface area contributed by atoms with Crippen molar-refractivity contribution < 1.29 is 18.3 Å². The van der Waals surface area contributed by atoms with Crippen LogP contribution in [-0.4, -0.2) is 19.3 Å². The first kappa shape index (κ1) is 16.2. The van der Waals surface area contributed by atoms with Crippen molar-refractivity contribution in [2.75, 3.05) is 13.2 Å². The summed E-state index contributed by atoms with van der Waals surface area (Å²) in [5.74, 6) is -0.902. The van der Waals surface area contributed by atoms with Crippen LogP contribution in [0.2, 0.25) is 0 Å². The fourth-order valence-electron chi connectivity index (χ4n) is 2.60. The van der Waals surface area contributed by atoms with Crippen molar-refractivity contribution in [2.24, 2.45) is 0 Å². The molecule has 0 saturated carbocycles. The Kier molecular flexibility index (Phi) is 5.97. The molecule has 1 aliphatic heterocycles. The molecule has 0 amide bonds. The van der Waals surface area contributed by atoms with Gasteiger partial charge in [-0.2, -0.15) is 4.39 Å². The molecule has 0 spiro atoms. The summed E-state index contributed by atoms with van der Waals surface area (Å²) in [5, 5.41) is 0. The van der Waals surface area contributed by atoms with E-state index in [9.17, 15) is 8.78 Å². The van der Waals surface area contributed by atoms with Gasteiger partial charge in [0.25, 0.3) is 0 Å². The molecular weight excluding hydrogens is 274 g/mol. The van der Waals surface area contributed by atoms with Crippen LogP contribution < -0.4 is 4.74 Å². The van der Waals surface area contributed by atoms with Crippen LogP contribution in [0.1, 0.15) is 51.5 Å². The molecule has 117 valence electrons. The Balaban J connectivity index is 2.06. The minimum absolute atomic E-state index is 0.0145. The van der Waals surface area contributed by atoms with Crippen molar-refractivity contribution in [1.29, 1.82) is 0 Å². The summed E-state index contributed by atoms with van der Waals surface area (Å²) in [7, 11) is 0. The summed E-state index contributed by atoms with van der Waals surface area (Å²) in [6, 6.07) is 3.11. The standard InChI is InChI=1S/C17H23F2O2/c1-3-5-13-7-6-12(11-21-13)14-8-9-15(20-10-4-2)17(19)16(14)18/h8-9,13H,3-7,10-11H2,1-2H3. The summed E-state index contributed by atoms with van der Waals surface area (Å²) in [5.41, 5.74) is 0.325. The highest BCUT2D eigenvalue weighted by Crippen LogP contribution is 2.33. The molecule has 4 heteroatoms. The van der Waals surface area contributed by atoms with E-state index in [2.05, 4.69) is 6.92 Å². The van der Waals surface area contributed by atoms with E-state index in [1.165, 1.54) is 6.07 Å². The molecule has 0 N–H and O–H groups in total. The van der Waals surface area contributed by atoms with E-state index in [-0.39, 0.29) is 11.9 Å². The topological polar surface area (TPSA) is 18.5 Å². The van der Waals surface area contributed by atoms with Crippen LogP contribution in [0.5, 0.6) is 5.75 Å². The first-order valence-corrected chi connectivity index (χ1v) is 7.74. The lowest BCUT2D eigenvalue weighted by molar-refractivity contribution is 0.0251. The molecule has 2 nitrogen and oxygen atoms in total. The summed E-state index contributed by atoms with van der Waals surface area (Å²) in [6.07, 6.45) is 4.74. The third-order valence-corrected chi connectivity index (χ3v) is 3.76. The summed E-state index contributed by atoms with van der Waals surface area (Å²) in [6.45, 7) is 4.81. The Labute approximate surface area is 125 Å². The van der Waals surface area contributed by atoms with Crippen LogP contribution in [0, 0.1) is 17.6 Å². The van der Waals surface area contributed by atoms with Crippen molar-refractivity contribution >= 4 is 0 Å². The van der Waals surface area contributed by atoms with Gasteiger partial charge in [-0.25, -0.2) is 4.39 Å². The first-order chi connectivity index (χ1) is 10.2. The van der Waals surface area contributed by atoms with Crippen LogP contribution in [0.4, 0.5) is 8.78 Å². The molecule has 0 bridgehead atoms. The number of rotatable bonds is 6. The maximum Gasteiger partial charge on any atom is 0.200 e. The second-order valence-electron chi connectivity index (χ2n) is 5.45. The van der Waals surface area contributed by atoms with Gasteiger partial charge in [0.2, 0.25) is 5.82 Å². The lowest BCUT2D eigenvalue weighted by Gasteiger charge is -2.29. The van der Waals surface area contributed by atoms with Crippen molar-refractivity contribution in [3.05, 3.63) is 35.2 Å². The van der Waals surface area contributed by atoms with Gasteiger partial charge in [-0.3, -0.25) is 0 Å². The molecule has 1 aromatic rings. The molecule has 21 heavy (non-hydrogen) atoms. The molecule has 1 fully saturated rings. The van der Waals surface area contributed by atoms with Gasteiger partial charge in [-0.1, -0.05) is 26.3 Å². The molecule has 1 heterocycles. The normalized spacial score (nSPS) is 19.7. The zero-order valence-corrected chi connectivity index (χ0v) is 12.8. The molecule has 0 aromatic heterocycles. The van der Waals surface area contributed by atoms with E-state index in [4.69, 9.17) is 9.47 Å². The summed E-state index contributed by atoms with van der Waals surface area (Å²) < 4.78 is 39.1. The predicted octanol–water partition coefficient (Wildman–Crippen LogP) is 4.66. The Hall–Kier alpha value is -1.16. The van der Waals surface area contributed by atoms with Gasteiger partial charge >= 0.3 is 0 Å². The zero-order chi connectivity index (χ0) is 15.2. The van der Waals surface area contributed by atoms with Gasteiger partial charge in [-0.15, -0.1) is 0 Å². The van der Waals surface area contributed by atoms with Gasteiger partial charge in [0, 0.05) is 11.5 Å². The van der Waals surface area contributed by atoms with Gasteiger partial charge in [0.1, 0.15) is 0 Å². The quantitative estimate of drug-likeness (QED) is 0.760. The monoisotopic (exact) mass is 297 g/mol. The van der Waals surface area contributed by atoms with Crippen molar-refractivity contribution in [3.8, 4) is 5.75 Å². The zero-order valence-electron chi connectivity index (χ0n) is 12.8. The van der Waals surface area contributed by atoms with E-state index in [0.717, 1.165) is 38.0 Å². The van der Waals surface area contributed by atoms with Crippen molar-refractivity contribution in [2.45, 2.75) is 52.1 Å². The number of halogens is 2. The Morgan fingerprint density at radius 2 is 2.00 bits per heavy atom. The molecule has 1 aliphatic rings. The van der Waals surface area contributed by atoms with E-state index in [1.54, 1.807) is 6.07 Å². The average Bonchev–Trinajstić information content (AvgIpc) is 2.50. The third kappa shape index (κ3) is 3.94.